The van der Waals surface area contributed by atoms with Gasteiger partial charge in [-0.1, -0.05) is 0 Å². The zero-order valence-electron chi connectivity index (χ0n) is 9.41. The zero-order chi connectivity index (χ0) is 10.7. The predicted molar refractivity (Wildman–Crippen MR) is 76.6 cm³/mol. The Balaban J connectivity index is 0.00000128. The van der Waals surface area contributed by atoms with Gasteiger partial charge in [-0.25, -0.2) is 0 Å². The number of rotatable bonds is 4. The molecule has 1 aliphatic heterocycles. The molecule has 2 heterocycles. The van der Waals surface area contributed by atoms with Crippen LogP contribution in [-0.4, -0.2) is 31.1 Å². The normalized spacial score (nSPS) is 21.0. The van der Waals surface area contributed by atoms with Crippen molar-refractivity contribution in [1.29, 1.82) is 0 Å². The molecule has 0 spiro atoms. The number of likely N-dealkylation sites (tertiary alicyclic amines) is 1. The third-order valence-corrected chi connectivity index (χ3v) is 4.50. The van der Waals surface area contributed by atoms with Crippen LogP contribution < -0.4 is 5.32 Å². The molecule has 0 amide bonds. The minimum Gasteiger partial charge on any atom is -0.318 e. The third kappa shape index (κ3) is 3.70. The Morgan fingerprint density at radius 3 is 3.06 bits per heavy atom. The lowest BCUT2D eigenvalue weighted by molar-refractivity contribution is 0.242. The standard InChI is InChI=1S/C11H17BrN2S.ClH/c1-13-6-10-3-2-4-14(10)7-9-5-11(12)15-8-9;/h5,8,10,13H,2-4,6-7H2,1H3;1H. The first-order valence-corrected chi connectivity index (χ1v) is 7.08. The number of likely N-dealkylation sites (N-methyl/N-ethyl adjacent to an activating group) is 1. The highest BCUT2D eigenvalue weighted by atomic mass is 79.9. The molecule has 0 aromatic carbocycles. The van der Waals surface area contributed by atoms with E-state index in [9.17, 15) is 0 Å². The van der Waals surface area contributed by atoms with E-state index in [0.717, 1.165) is 19.1 Å². The summed E-state index contributed by atoms with van der Waals surface area (Å²) in [5.41, 5.74) is 1.44. The molecule has 1 fully saturated rings. The van der Waals surface area contributed by atoms with Crippen molar-refractivity contribution in [2.45, 2.75) is 25.4 Å². The van der Waals surface area contributed by atoms with Gasteiger partial charge in [0.05, 0.1) is 3.79 Å². The topological polar surface area (TPSA) is 15.3 Å². The molecule has 1 aliphatic rings. The zero-order valence-corrected chi connectivity index (χ0v) is 12.6. The van der Waals surface area contributed by atoms with Crippen molar-refractivity contribution in [3.63, 3.8) is 0 Å². The van der Waals surface area contributed by atoms with Crippen molar-refractivity contribution in [1.82, 2.24) is 10.2 Å². The molecule has 0 aliphatic carbocycles. The third-order valence-electron chi connectivity index (χ3n) is 2.95. The van der Waals surface area contributed by atoms with Crippen molar-refractivity contribution >= 4 is 39.7 Å². The predicted octanol–water partition coefficient (Wildman–Crippen LogP) is 3.12. The van der Waals surface area contributed by atoms with E-state index in [1.54, 1.807) is 11.3 Å². The largest absolute Gasteiger partial charge is 0.318 e. The SMILES string of the molecule is CNCC1CCCN1Cc1csc(Br)c1.Cl. The summed E-state index contributed by atoms with van der Waals surface area (Å²) in [6.07, 6.45) is 2.68. The quantitative estimate of drug-likeness (QED) is 0.915. The van der Waals surface area contributed by atoms with Gasteiger partial charge in [-0.2, -0.15) is 0 Å². The molecule has 0 saturated carbocycles. The molecule has 5 heteroatoms. The van der Waals surface area contributed by atoms with E-state index in [2.05, 4.69) is 37.6 Å². The Labute approximate surface area is 116 Å². The van der Waals surface area contributed by atoms with E-state index in [4.69, 9.17) is 0 Å². The van der Waals surface area contributed by atoms with Crippen LogP contribution >= 0.6 is 39.7 Å². The van der Waals surface area contributed by atoms with Gasteiger partial charge in [-0.05, 0) is 59.4 Å². The lowest BCUT2D eigenvalue weighted by Gasteiger charge is -2.23. The molecule has 1 atom stereocenters. The van der Waals surface area contributed by atoms with Crippen molar-refractivity contribution < 1.29 is 0 Å². The van der Waals surface area contributed by atoms with E-state index >= 15 is 0 Å². The van der Waals surface area contributed by atoms with Crippen LogP contribution in [0.15, 0.2) is 15.2 Å². The maximum Gasteiger partial charge on any atom is 0.0701 e. The highest BCUT2D eigenvalue weighted by molar-refractivity contribution is 9.11. The molecule has 2 rings (SSSR count). The smallest absolute Gasteiger partial charge is 0.0701 e. The fraction of sp³-hybridized carbons (Fsp3) is 0.636. The molecule has 16 heavy (non-hydrogen) atoms. The number of hydrogen-bond acceptors (Lipinski definition) is 3. The lowest BCUT2D eigenvalue weighted by Crippen LogP contribution is -2.36. The number of thiophene rings is 1. The first-order valence-electron chi connectivity index (χ1n) is 5.41. The average Bonchev–Trinajstić information content (AvgIpc) is 2.78. The summed E-state index contributed by atoms with van der Waals surface area (Å²) in [5, 5.41) is 5.53. The van der Waals surface area contributed by atoms with Crippen molar-refractivity contribution in [3.05, 3.63) is 20.8 Å². The van der Waals surface area contributed by atoms with Gasteiger partial charge in [0, 0.05) is 19.1 Å². The molecular weight excluding hydrogens is 308 g/mol. The maximum atomic E-state index is 3.52. The van der Waals surface area contributed by atoms with Gasteiger partial charge in [-0.15, -0.1) is 23.7 Å². The highest BCUT2D eigenvalue weighted by Gasteiger charge is 2.23. The minimum absolute atomic E-state index is 0. The van der Waals surface area contributed by atoms with Crippen molar-refractivity contribution in [2.75, 3.05) is 20.1 Å². The van der Waals surface area contributed by atoms with Crippen LogP contribution in [0.5, 0.6) is 0 Å². The Morgan fingerprint density at radius 1 is 1.62 bits per heavy atom. The Kier molecular flexibility index (Phi) is 6.29. The molecule has 1 saturated heterocycles. The average molecular weight is 326 g/mol. The fourth-order valence-electron chi connectivity index (χ4n) is 2.23. The van der Waals surface area contributed by atoms with Crippen LogP contribution in [0.25, 0.3) is 0 Å². The fourth-order valence-corrected chi connectivity index (χ4v) is 3.43. The molecular formula is C11H18BrClN2S. The second kappa shape index (κ2) is 6.97. The number of halogens is 2. The van der Waals surface area contributed by atoms with Crippen LogP contribution in [0.4, 0.5) is 0 Å². The maximum absolute atomic E-state index is 3.52. The van der Waals surface area contributed by atoms with E-state index in [0.29, 0.717) is 0 Å². The van der Waals surface area contributed by atoms with Gasteiger partial charge in [0.1, 0.15) is 0 Å². The highest BCUT2D eigenvalue weighted by Crippen LogP contribution is 2.25. The van der Waals surface area contributed by atoms with Crippen LogP contribution in [0.3, 0.4) is 0 Å². The molecule has 0 bridgehead atoms. The second-order valence-electron chi connectivity index (χ2n) is 4.08. The van der Waals surface area contributed by atoms with Crippen molar-refractivity contribution in [3.8, 4) is 0 Å². The Hall–Kier alpha value is 0.390. The summed E-state index contributed by atoms with van der Waals surface area (Å²) in [4.78, 5) is 2.59. The molecule has 1 N–H and O–H groups in total. The monoisotopic (exact) mass is 324 g/mol. The van der Waals surface area contributed by atoms with Gasteiger partial charge >= 0.3 is 0 Å². The van der Waals surface area contributed by atoms with Crippen LogP contribution in [0, 0.1) is 0 Å². The summed E-state index contributed by atoms with van der Waals surface area (Å²) < 4.78 is 1.24. The Bertz CT molecular complexity index is 319. The van der Waals surface area contributed by atoms with E-state index in [1.807, 2.05) is 7.05 Å². The first kappa shape index (κ1) is 14.5. The number of nitrogens with zero attached hydrogens (tertiary/aromatic N) is 1. The van der Waals surface area contributed by atoms with Gasteiger partial charge in [0.2, 0.25) is 0 Å². The molecule has 2 nitrogen and oxygen atoms in total. The summed E-state index contributed by atoms with van der Waals surface area (Å²) in [6.45, 7) is 3.47. The van der Waals surface area contributed by atoms with E-state index in [-0.39, 0.29) is 12.4 Å². The van der Waals surface area contributed by atoms with Crippen LogP contribution in [-0.2, 0) is 6.54 Å². The Morgan fingerprint density at radius 2 is 2.44 bits per heavy atom. The molecule has 92 valence electrons. The van der Waals surface area contributed by atoms with Gasteiger partial charge in [0.25, 0.3) is 0 Å². The molecule has 0 radical (unpaired) electrons. The molecule has 1 unspecified atom stereocenters. The number of hydrogen-bond donors (Lipinski definition) is 1. The van der Waals surface area contributed by atoms with Gasteiger partial charge in [-0.3, -0.25) is 4.90 Å². The second-order valence-corrected chi connectivity index (χ2v) is 6.37. The summed E-state index contributed by atoms with van der Waals surface area (Å²) >= 11 is 5.29. The molecule has 1 aromatic rings. The summed E-state index contributed by atoms with van der Waals surface area (Å²) in [5.74, 6) is 0. The van der Waals surface area contributed by atoms with Crippen LogP contribution in [0.2, 0.25) is 0 Å². The summed E-state index contributed by atoms with van der Waals surface area (Å²) in [7, 11) is 2.04. The molecule has 1 aromatic heterocycles. The van der Waals surface area contributed by atoms with Gasteiger partial charge in [0.15, 0.2) is 0 Å². The van der Waals surface area contributed by atoms with E-state index in [1.165, 1.54) is 28.7 Å². The minimum atomic E-state index is 0. The summed E-state index contributed by atoms with van der Waals surface area (Å²) in [6, 6.07) is 2.97. The van der Waals surface area contributed by atoms with Crippen molar-refractivity contribution in [2.24, 2.45) is 0 Å². The van der Waals surface area contributed by atoms with E-state index < -0.39 is 0 Å². The first-order chi connectivity index (χ1) is 7.29. The van der Waals surface area contributed by atoms with Gasteiger partial charge < -0.3 is 5.32 Å². The lowest BCUT2D eigenvalue weighted by atomic mass is 10.2. The van der Waals surface area contributed by atoms with Crippen LogP contribution in [0.1, 0.15) is 18.4 Å². The number of nitrogens with one attached hydrogen (secondary N) is 1.